The average Bonchev–Trinajstić information content (AvgIpc) is 2.74. The SMILES string of the molecule is COCc1ccc(C(C)(Cl)C(F)OCc2cccc(Oc3ccc(Cl)cc3)c2)cc1. The highest BCUT2D eigenvalue weighted by atomic mass is 35.5. The van der Waals surface area contributed by atoms with Crippen LogP contribution in [0.1, 0.15) is 23.6 Å². The lowest BCUT2D eigenvalue weighted by Gasteiger charge is -2.27. The zero-order chi connectivity index (χ0) is 21.6. The van der Waals surface area contributed by atoms with Crippen LogP contribution < -0.4 is 4.74 Å². The van der Waals surface area contributed by atoms with Gasteiger partial charge in [0.1, 0.15) is 16.4 Å². The number of hydrogen-bond acceptors (Lipinski definition) is 3. The molecule has 3 rings (SSSR count). The molecule has 30 heavy (non-hydrogen) atoms. The predicted octanol–water partition coefficient (Wildman–Crippen LogP) is 7.25. The van der Waals surface area contributed by atoms with Gasteiger partial charge in [-0.1, -0.05) is 48.0 Å². The molecule has 0 heterocycles. The molecule has 3 nitrogen and oxygen atoms in total. The first-order valence-corrected chi connectivity index (χ1v) is 10.2. The first-order chi connectivity index (χ1) is 14.4. The summed E-state index contributed by atoms with van der Waals surface area (Å²) in [4.78, 5) is -1.32. The van der Waals surface area contributed by atoms with E-state index in [4.69, 9.17) is 37.4 Å². The second-order valence-corrected chi connectivity index (χ2v) is 8.26. The van der Waals surface area contributed by atoms with Gasteiger partial charge in [-0.3, -0.25) is 0 Å². The quantitative estimate of drug-likeness (QED) is 0.322. The molecule has 0 aliphatic rings. The van der Waals surface area contributed by atoms with Gasteiger partial charge in [0.25, 0.3) is 0 Å². The maximum absolute atomic E-state index is 14.9. The Morgan fingerprint density at radius 3 is 2.27 bits per heavy atom. The largest absolute Gasteiger partial charge is 0.457 e. The van der Waals surface area contributed by atoms with Crippen molar-refractivity contribution in [1.29, 1.82) is 0 Å². The lowest BCUT2D eigenvalue weighted by atomic mass is 9.99. The Labute approximate surface area is 186 Å². The van der Waals surface area contributed by atoms with Crippen LogP contribution in [0, 0.1) is 0 Å². The normalized spacial score (nSPS) is 14.2. The van der Waals surface area contributed by atoms with Gasteiger partial charge in [0.2, 0.25) is 6.36 Å². The molecule has 0 spiro atoms. The summed E-state index contributed by atoms with van der Waals surface area (Å²) >= 11 is 12.4. The van der Waals surface area contributed by atoms with Crippen molar-refractivity contribution in [3.8, 4) is 11.5 Å². The van der Waals surface area contributed by atoms with E-state index in [9.17, 15) is 4.39 Å². The summed E-state index contributed by atoms with van der Waals surface area (Å²) in [5, 5.41) is 0.635. The first-order valence-electron chi connectivity index (χ1n) is 9.44. The minimum absolute atomic E-state index is 0.0586. The van der Waals surface area contributed by atoms with E-state index in [0.29, 0.717) is 28.7 Å². The molecule has 0 saturated carbocycles. The van der Waals surface area contributed by atoms with E-state index in [1.54, 1.807) is 56.5 Å². The fourth-order valence-corrected chi connectivity index (χ4v) is 3.20. The van der Waals surface area contributed by atoms with Gasteiger partial charge in [0.15, 0.2) is 0 Å². The van der Waals surface area contributed by atoms with E-state index in [1.165, 1.54) is 0 Å². The number of halogens is 3. The van der Waals surface area contributed by atoms with Gasteiger partial charge in [-0.2, -0.15) is 0 Å². The van der Waals surface area contributed by atoms with E-state index < -0.39 is 11.2 Å². The maximum Gasteiger partial charge on any atom is 0.222 e. The highest BCUT2D eigenvalue weighted by Gasteiger charge is 2.35. The fourth-order valence-electron chi connectivity index (χ4n) is 2.89. The third-order valence-electron chi connectivity index (χ3n) is 4.60. The minimum atomic E-state index is -1.70. The summed E-state index contributed by atoms with van der Waals surface area (Å²) in [6.45, 7) is 2.15. The Kier molecular flexibility index (Phi) is 7.73. The molecule has 3 aromatic carbocycles. The van der Waals surface area contributed by atoms with Crippen molar-refractivity contribution in [1.82, 2.24) is 0 Å². The lowest BCUT2D eigenvalue weighted by molar-refractivity contribution is -0.0740. The molecule has 0 amide bonds. The number of ether oxygens (including phenoxy) is 3. The number of hydrogen-bond donors (Lipinski definition) is 0. The smallest absolute Gasteiger partial charge is 0.222 e. The second-order valence-electron chi connectivity index (χ2n) is 7.04. The number of methoxy groups -OCH3 is 1. The molecule has 158 valence electrons. The van der Waals surface area contributed by atoms with E-state index >= 15 is 0 Å². The van der Waals surface area contributed by atoms with Crippen molar-refractivity contribution in [2.75, 3.05) is 7.11 Å². The Balaban J connectivity index is 1.61. The van der Waals surface area contributed by atoms with Gasteiger partial charge in [0, 0.05) is 12.1 Å². The van der Waals surface area contributed by atoms with Crippen LogP contribution >= 0.6 is 23.2 Å². The van der Waals surface area contributed by atoms with Gasteiger partial charge in [-0.25, -0.2) is 4.39 Å². The summed E-state index contributed by atoms with van der Waals surface area (Å²) in [7, 11) is 1.63. The van der Waals surface area contributed by atoms with E-state index in [1.807, 2.05) is 30.3 Å². The third-order valence-corrected chi connectivity index (χ3v) is 5.24. The Hall–Kier alpha value is -2.11. The number of rotatable bonds is 9. The zero-order valence-electron chi connectivity index (χ0n) is 16.8. The molecule has 2 unspecified atom stereocenters. The molecule has 0 fully saturated rings. The molecule has 0 N–H and O–H groups in total. The zero-order valence-corrected chi connectivity index (χ0v) is 18.3. The Bertz CT molecular complexity index is 943. The minimum Gasteiger partial charge on any atom is -0.457 e. The summed E-state index contributed by atoms with van der Waals surface area (Å²) in [5.74, 6) is 1.28. The Morgan fingerprint density at radius 1 is 0.900 bits per heavy atom. The molecule has 0 aliphatic heterocycles. The van der Waals surface area contributed by atoms with Crippen molar-refractivity contribution in [2.24, 2.45) is 0 Å². The highest BCUT2D eigenvalue weighted by molar-refractivity contribution is 6.30. The van der Waals surface area contributed by atoms with Crippen molar-refractivity contribution in [2.45, 2.75) is 31.4 Å². The van der Waals surface area contributed by atoms with Crippen molar-refractivity contribution >= 4 is 23.2 Å². The van der Waals surface area contributed by atoms with E-state index in [2.05, 4.69) is 0 Å². The summed E-state index contributed by atoms with van der Waals surface area (Å²) in [6.07, 6.45) is -1.70. The fraction of sp³-hybridized carbons (Fsp3) is 0.250. The van der Waals surface area contributed by atoms with Crippen LogP contribution in [0.25, 0.3) is 0 Å². The van der Waals surface area contributed by atoms with Gasteiger partial charge in [0.05, 0.1) is 13.2 Å². The maximum atomic E-state index is 14.9. The molecule has 0 bridgehead atoms. The molecular formula is C24H23Cl2FO3. The molecular weight excluding hydrogens is 426 g/mol. The van der Waals surface area contributed by atoms with E-state index in [-0.39, 0.29) is 6.61 Å². The van der Waals surface area contributed by atoms with Gasteiger partial charge >= 0.3 is 0 Å². The third kappa shape index (κ3) is 5.96. The predicted molar refractivity (Wildman–Crippen MR) is 118 cm³/mol. The molecule has 0 aliphatic carbocycles. The summed E-state index contributed by atoms with van der Waals surface area (Å²) in [6, 6.07) is 21.6. The molecule has 0 aromatic heterocycles. The molecule has 6 heteroatoms. The van der Waals surface area contributed by atoms with Crippen LogP contribution in [0.15, 0.2) is 72.8 Å². The average molecular weight is 449 g/mol. The topological polar surface area (TPSA) is 27.7 Å². The second kappa shape index (κ2) is 10.3. The van der Waals surface area contributed by atoms with Crippen molar-refractivity contribution in [3.63, 3.8) is 0 Å². The molecule has 3 aromatic rings. The van der Waals surface area contributed by atoms with Gasteiger partial charge in [-0.05, 0) is 60.0 Å². The lowest BCUT2D eigenvalue weighted by Crippen LogP contribution is -2.30. The van der Waals surface area contributed by atoms with Crippen LogP contribution in [-0.4, -0.2) is 13.5 Å². The number of benzene rings is 3. The molecule has 0 saturated heterocycles. The first kappa shape index (κ1) is 22.6. The monoisotopic (exact) mass is 448 g/mol. The van der Waals surface area contributed by atoms with Crippen LogP contribution in [0.2, 0.25) is 5.02 Å². The van der Waals surface area contributed by atoms with Crippen LogP contribution in [-0.2, 0) is 27.6 Å². The number of alkyl halides is 2. The van der Waals surface area contributed by atoms with Crippen LogP contribution in [0.5, 0.6) is 11.5 Å². The summed E-state index contributed by atoms with van der Waals surface area (Å²) in [5.41, 5.74) is 2.39. The summed E-state index contributed by atoms with van der Waals surface area (Å²) < 4.78 is 31.2. The standard InChI is InChI=1S/C24H23Cl2FO3/c1-24(26,19-8-6-17(7-9-19)15-28-2)23(27)29-16-18-4-3-5-22(14-18)30-21-12-10-20(25)11-13-21/h3-14,23H,15-16H2,1-2H3. The molecule has 0 radical (unpaired) electrons. The van der Waals surface area contributed by atoms with E-state index in [0.717, 1.165) is 11.1 Å². The van der Waals surface area contributed by atoms with Gasteiger partial charge in [-0.15, -0.1) is 11.6 Å². The Morgan fingerprint density at radius 2 is 1.60 bits per heavy atom. The highest BCUT2D eigenvalue weighted by Crippen LogP contribution is 2.35. The van der Waals surface area contributed by atoms with Crippen molar-refractivity contribution in [3.05, 3.63) is 94.5 Å². The van der Waals surface area contributed by atoms with Gasteiger partial charge < -0.3 is 14.2 Å². The molecule has 2 atom stereocenters. The van der Waals surface area contributed by atoms with Crippen LogP contribution in [0.3, 0.4) is 0 Å². The van der Waals surface area contributed by atoms with Crippen molar-refractivity contribution < 1.29 is 18.6 Å². The van der Waals surface area contributed by atoms with Crippen LogP contribution in [0.4, 0.5) is 4.39 Å².